The summed E-state index contributed by atoms with van der Waals surface area (Å²) < 4.78 is 16.2. The Bertz CT molecular complexity index is 573. The Balaban J connectivity index is 1.65. The average Bonchev–Trinajstić information content (AvgIpc) is 3.05. The molecule has 2 atom stereocenters. The molecule has 7 heteroatoms. The van der Waals surface area contributed by atoms with E-state index in [1.54, 1.807) is 12.3 Å². The number of hydrogen-bond acceptors (Lipinski definition) is 6. The lowest BCUT2D eigenvalue weighted by Crippen LogP contribution is -2.51. The summed E-state index contributed by atoms with van der Waals surface area (Å²) in [7, 11) is 0. The molecule has 2 aromatic heterocycles. The minimum Gasteiger partial charge on any atom is -0.472 e. The van der Waals surface area contributed by atoms with Crippen molar-refractivity contribution in [1.29, 1.82) is 0 Å². The Morgan fingerprint density at radius 3 is 3.14 bits per heavy atom. The van der Waals surface area contributed by atoms with Gasteiger partial charge in [-0.1, -0.05) is 6.07 Å². The van der Waals surface area contributed by atoms with E-state index in [2.05, 4.69) is 15.3 Å². The summed E-state index contributed by atoms with van der Waals surface area (Å²) in [6.45, 7) is 0.976. The van der Waals surface area contributed by atoms with Gasteiger partial charge in [-0.25, -0.2) is 9.97 Å². The summed E-state index contributed by atoms with van der Waals surface area (Å²) in [4.78, 5) is 19.9. The number of carbonyl (C=O) groups excluding carboxylic acids is 1. The molecular formula is C14H15N3O4. The third-order valence-corrected chi connectivity index (χ3v) is 3.18. The monoisotopic (exact) mass is 289 g/mol. The van der Waals surface area contributed by atoms with Gasteiger partial charge in [-0.15, -0.1) is 0 Å². The number of nitrogens with one attached hydrogen (secondary N) is 1. The quantitative estimate of drug-likeness (QED) is 0.905. The van der Waals surface area contributed by atoms with E-state index < -0.39 is 0 Å². The number of ether oxygens (including phenoxy) is 2. The van der Waals surface area contributed by atoms with Crippen LogP contribution in [0.3, 0.4) is 0 Å². The van der Waals surface area contributed by atoms with Crippen LogP contribution in [0.25, 0.3) is 0 Å². The molecule has 3 rings (SSSR count). The van der Waals surface area contributed by atoms with Gasteiger partial charge in [-0.2, -0.15) is 0 Å². The van der Waals surface area contributed by atoms with E-state index in [1.165, 1.54) is 12.6 Å². The average molecular weight is 289 g/mol. The molecule has 0 bridgehead atoms. The molecule has 3 heterocycles. The molecule has 1 amide bonds. The van der Waals surface area contributed by atoms with E-state index >= 15 is 0 Å². The van der Waals surface area contributed by atoms with Crippen molar-refractivity contribution < 1.29 is 18.7 Å². The molecule has 7 nitrogen and oxygen atoms in total. The molecule has 1 aliphatic rings. The van der Waals surface area contributed by atoms with Crippen LogP contribution >= 0.6 is 0 Å². The van der Waals surface area contributed by atoms with Gasteiger partial charge in [0.25, 0.3) is 5.91 Å². The van der Waals surface area contributed by atoms with Gasteiger partial charge in [0, 0.05) is 18.7 Å². The molecule has 0 radical (unpaired) electrons. The number of oxazole rings is 1. The van der Waals surface area contributed by atoms with E-state index in [0.717, 1.165) is 0 Å². The summed E-state index contributed by atoms with van der Waals surface area (Å²) in [5, 5.41) is 2.84. The molecule has 2 aromatic rings. The van der Waals surface area contributed by atoms with Gasteiger partial charge in [-0.05, 0) is 6.07 Å². The maximum Gasteiger partial charge on any atom is 0.289 e. The Hall–Kier alpha value is -2.41. The SMILES string of the molecule is O=C(N[C@@H]1COCC[C@H]1Oc1ccccn1)c1cnco1. The predicted octanol–water partition coefficient (Wildman–Crippen LogP) is 1.04. The van der Waals surface area contributed by atoms with E-state index in [4.69, 9.17) is 13.9 Å². The highest BCUT2D eigenvalue weighted by Gasteiger charge is 2.30. The lowest BCUT2D eigenvalue weighted by Gasteiger charge is -2.31. The highest BCUT2D eigenvalue weighted by molar-refractivity contribution is 5.91. The number of nitrogens with zero attached hydrogens (tertiary/aromatic N) is 2. The molecule has 1 N–H and O–H groups in total. The van der Waals surface area contributed by atoms with Gasteiger partial charge in [0.2, 0.25) is 11.6 Å². The molecule has 0 aromatic carbocycles. The smallest absolute Gasteiger partial charge is 0.289 e. The summed E-state index contributed by atoms with van der Waals surface area (Å²) in [6.07, 6.45) is 4.73. The molecule has 110 valence electrons. The normalized spacial score (nSPS) is 21.7. The third kappa shape index (κ3) is 3.38. The largest absolute Gasteiger partial charge is 0.472 e. The van der Waals surface area contributed by atoms with Crippen LogP contribution in [0.4, 0.5) is 0 Å². The number of amides is 1. The van der Waals surface area contributed by atoms with Crippen molar-refractivity contribution >= 4 is 5.91 Å². The van der Waals surface area contributed by atoms with E-state index in [1.807, 2.05) is 12.1 Å². The number of pyridine rings is 1. The first-order valence-electron chi connectivity index (χ1n) is 6.68. The Labute approximate surface area is 121 Å². The zero-order valence-electron chi connectivity index (χ0n) is 11.3. The molecular weight excluding hydrogens is 274 g/mol. The zero-order chi connectivity index (χ0) is 14.5. The fourth-order valence-corrected chi connectivity index (χ4v) is 2.13. The van der Waals surface area contributed by atoms with Crippen LogP contribution in [0.15, 0.2) is 41.4 Å². The minimum absolute atomic E-state index is 0.164. The van der Waals surface area contributed by atoms with Gasteiger partial charge in [0.1, 0.15) is 6.10 Å². The molecule has 0 unspecified atom stereocenters. The van der Waals surface area contributed by atoms with Crippen LogP contribution in [0, 0.1) is 0 Å². The van der Waals surface area contributed by atoms with Gasteiger partial charge >= 0.3 is 0 Å². The van der Waals surface area contributed by atoms with Gasteiger partial charge in [0.05, 0.1) is 25.5 Å². The number of carbonyl (C=O) groups is 1. The lowest BCUT2D eigenvalue weighted by atomic mass is 10.1. The summed E-state index contributed by atoms with van der Waals surface area (Å²) in [5.74, 6) is 0.359. The fourth-order valence-electron chi connectivity index (χ4n) is 2.13. The Morgan fingerprint density at radius 1 is 1.43 bits per heavy atom. The van der Waals surface area contributed by atoms with Crippen molar-refractivity contribution in [1.82, 2.24) is 15.3 Å². The van der Waals surface area contributed by atoms with Crippen molar-refractivity contribution in [2.45, 2.75) is 18.6 Å². The molecule has 1 saturated heterocycles. The highest BCUT2D eigenvalue weighted by Crippen LogP contribution is 2.16. The van der Waals surface area contributed by atoms with Crippen LogP contribution in [0.2, 0.25) is 0 Å². The molecule has 0 saturated carbocycles. The van der Waals surface area contributed by atoms with Crippen LogP contribution < -0.4 is 10.1 Å². The Morgan fingerprint density at radius 2 is 2.38 bits per heavy atom. The number of rotatable bonds is 4. The second-order valence-electron chi connectivity index (χ2n) is 4.63. The fraction of sp³-hybridized carbons (Fsp3) is 0.357. The molecule has 1 aliphatic heterocycles. The first-order chi connectivity index (χ1) is 10.3. The first kappa shape index (κ1) is 13.6. The topological polar surface area (TPSA) is 86.5 Å². The van der Waals surface area contributed by atoms with Crippen LogP contribution in [0.5, 0.6) is 5.88 Å². The summed E-state index contributed by atoms with van der Waals surface area (Å²) in [6, 6.07) is 5.19. The number of aromatic nitrogens is 2. The maximum atomic E-state index is 12.0. The highest BCUT2D eigenvalue weighted by atomic mass is 16.5. The van der Waals surface area contributed by atoms with Crippen molar-refractivity contribution in [3.05, 3.63) is 42.7 Å². The van der Waals surface area contributed by atoms with Gasteiger partial charge in [-0.3, -0.25) is 4.79 Å². The maximum absolute atomic E-state index is 12.0. The molecule has 1 fully saturated rings. The minimum atomic E-state index is -0.336. The van der Waals surface area contributed by atoms with Crippen LogP contribution in [-0.4, -0.2) is 41.2 Å². The number of hydrogen-bond donors (Lipinski definition) is 1. The van der Waals surface area contributed by atoms with Crippen molar-refractivity contribution in [2.24, 2.45) is 0 Å². The van der Waals surface area contributed by atoms with Gasteiger partial charge in [0.15, 0.2) is 6.39 Å². The van der Waals surface area contributed by atoms with E-state index in [9.17, 15) is 4.79 Å². The van der Waals surface area contributed by atoms with Crippen LogP contribution in [0.1, 0.15) is 17.0 Å². The molecule has 0 spiro atoms. The second kappa shape index (κ2) is 6.36. The third-order valence-electron chi connectivity index (χ3n) is 3.18. The van der Waals surface area contributed by atoms with E-state index in [-0.39, 0.29) is 23.8 Å². The lowest BCUT2D eigenvalue weighted by molar-refractivity contribution is -0.00480. The predicted molar refractivity (Wildman–Crippen MR) is 71.8 cm³/mol. The second-order valence-corrected chi connectivity index (χ2v) is 4.63. The Kier molecular flexibility index (Phi) is 4.11. The van der Waals surface area contributed by atoms with Gasteiger partial charge < -0.3 is 19.2 Å². The first-order valence-corrected chi connectivity index (χ1v) is 6.68. The van der Waals surface area contributed by atoms with Crippen molar-refractivity contribution in [2.75, 3.05) is 13.2 Å². The van der Waals surface area contributed by atoms with Crippen molar-refractivity contribution in [3.8, 4) is 5.88 Å². The zero-order valence-corrected chi connectivity index (χ0v) is 11.3. The van der Waals surface area contributed by atoms with Crippen LogP contribution in [-0.2, 0) is 4.74 Å². The standard InChI is InChI=1S/C14H15N3O4/c18-14(12-7-15-9-20-12)17-10-8-19-6-4-11(10)21-13-3-1-2-5-16-13/h1-3,5,7,9-11H,4,6,8H2,(H,17,18)/t10-,11-/m1/s1. The van der Waals surface area contributed by atoms with Crippen molar-refractivity contribution in [3.63, 3.8) is 0 Å². The molecule has 21 heavy (non-hydrogen) atoms. The molecule has 0 aliphatic carbocycles. The summed E-state index contributed by atoms with van der Waals surface area (Å²) >= 11 is 0. The van der Waals surface area contributed by atoms with E-state index in [0.29, 0.717) is 25.5 Å². The summed E-state index contributed by atoms with van der Waals surface area (Å²) in [5.41, 5.74) is 0.